The van der Waals surface area contributed by atoms with Gasteiger partial charge < -0.3 is 5.73 Å². The predicted octanol–water partition coefficient (Wildman–Crippen LogP) is 3.19. The molecule has 0 saturated carbocycles. The van der Waals surface area contributed by atoms with E-state index in [0.717, 1.165) is 10.0 Å². The highest BCUT2D eigenvalue weighted by Crippen LogP contribution is 2.25. The average Bonchev–Trinajstić information content (AvgIpc) is 2.36. The molecule has 1 aromatic heterocycles. The molecule has 20 heavy (non-hydrogen) atoms. The summed E-state index contributed by atoms with van der Waals surface area (Å²) in [7, 11) is -3.83. The van der Waals surface area contributed by atoms with Crippen LogP contribution in [-0.2, 0) is 10.0 Å². The van der Waals surface area contributed by atoms with Gasteiger partial charge in [0.05, 0.1) is 5.69 Å². The van der Waals surface area contributed by atoms with E-state index in [-0.39, 0.29) is 16.4 Å². The number of hydrogen-bond donors (Lipinski definition) is 2. The monoisotopic (exact) mass is 375 g/mol. The Labute approximate surface area is 130 Å². The number of rotatable bonds is 3. The zero-order valence-electron chi connectivity index (χ0n) is 10.4. The maximum absolute atomic E-state index is 12.3. The number of nitrogen functional groups attached to an aromatic ring is 1. The van der Waals surface area contributed by atoms with Crippen LogP contribution in [-0.4, -0.2) is 13.4 Å². The minimum atomic E-state index is -3.83. The number of sulfonamides is 1. The molecule has 0 bridgehead atoms. The largest absolute Gasteiger partial charge is 0.398 e. The van der Waals surface area contributed by atoms with Gasteiger partial charge in [-0.15, -0.1) is 0 Å². The van der Waals surface area contributed by atoms with Gasteiger partial charge in [0, 0.05) is 15.7 Å². The summed E-state index contributed by atoms with van der Waals surface area (Å²) in [5.41, 5.74) is 6.66. The van der Waals surface area contributed by atoms with Gasteiger partial charge in [0.15, 0.2) is 0 Å². The van der Waals surface area contributed by atoms with Crippen LogP contribution in [0.25, 0.3) is 0 Å². The molecule has 0 unspecified atom stereocenters. The van der Waals surface area contributed by atoms with Crippen molar-refractivity contribution in [2.45, 2.75) is 11.8 Å². The third-order valence-electron chi connectivity index (χ3n) is 2.55. The van der Waals surface area contributed by atoms with Crippen LogP contribution in [0.3, 0.4) is 0 Å². The number of nitrogens with one attached hydrogen (secondary N) is 1. The van der Waals surface area contributed by atoms with Crippen LogP contribution in [0.4, 0.5) is 11.5 Å². The van der Waals surface area contributed by atoms with Gasteiger partial charge in [0.1, 0.15) is 10.7 Å². The number of nitrogens with two attached hydrogens (primary N) is 1. The van der Waals surface area contributed by atoms with E-state index in [1.807, 2.05) is 6.92 Å². The molecular weight excluding hydrogens is 366 g/mol. The molecule has 0 fully saturated rings. The van der Waals surface area contributed by atoms with E-state index in [0.29, 0.717) is 5.02 Å². The van der Waals surface area contributed by atoms with Gasteiger partial charge in [-0.25, -0.2) is 13.4 Å². The molecule has 8 heteroatoms. The van der Waals surface area contributed by atoms with E-state index in [1.54, 1.807) is 6.07 Å². The molecule has 1 heterocycles. The van der Waals surface area contributed by atoms with E-state index in [9.17, 15) is 8.42 Å². The second-order valence-electron chi connectivity index (χ2n) is 4.11. The zero-order valence-corrected chi connectivity index (χ0v) is 13.6. The Hall–Kier alpha value is -1.31. The van der Waals surface area contributed by atoms with Crippen LogP contribution >= 0.6 is 27.5 Å². The molecule has 106 valence electrons. The normalized spacial score (nSPS) is 11.3. The number of halogens is 2. The number of anilines is 2. The van der Waals surface area contributed by atoms with Crippen LogP contribution in [0, 0.1) is 6.92 Å². The van der Waals surface area contributed by atoms with Crippen LogP contribution in [0.15, 0.2) is 39.8 Å². The zero-order chi connectivity index (χ0) is 14.9. The number of pyridine rings is 1. The summed E-state index contributed by atoms with van der Waals surface area (Å²) in [5.74, 6) is 0.213. The van der Waals surface area contributed by atoms with Crippen molar-refractivity contribution in [3.05, 3.63) is 45.5 Å². The van der Waals surface area contributed by atoms with Crippen molar-refractivity contribution in [3.63, 3.8) is 0 Å². The number of nitrogens with zero attached hydrogens (tertiary/aromatic N) is 1. The quantitative estimate of drug-likeness (QED) is 0.806. The third-order valence-corrected chi connectivity index (χ3v) is 5.03. The number of aryl methyl sites for hydroxylation is 1. The van der Waals surface area contributed by atoms with Gasteiger partial charge in [-0.05, 0) is 52.7 Å². The van der Waals surface area contributed by atoms with Crippen molar-refractivity contribution in [1.82, 2.24) is 4.98 Å². The highest BCUT2D eigenvalue weighted by Gasteiger charge is 2.18. The fraction of sp³-hybridized carbons (Fsp3) is 0.0833. The summed E-state index contributed by atoms with van der Waals surface area (Å²) in [6.07, 6.45) is 1.52. The number of benzene rings is 1. The Morgan fingerprint density at radius 3 is 2.70 bits per heavy atom. The highest BCUT2D eigenvalue weighted by atomic mass is 79.9. The Kier molecular flexibility index (Phi) is 4.22. The first-order chi connectivity index (χ1) is 9.29. The first-order valence-electron chi connectivity index (χ1n) is 5.49. The molecule has 0 atom stereocenters. The molecule has 0 aliphatic rings. The summed E-state index contributed by atoms with van der Waals surface area (Å²) in [6.45, 7) is 1.83. The lowest BCUT2D eigenvalue weighted by atomic mass is 10.3. The van der Waals surface area contributed by atoms with Crippen LogP contribution < -0.4 is 10.5 Å². The molecule has 2 aromatic rings. The minimum Gasteiger partial charge on any atom is -0.398 e. The van der Waals surface area contributed by atoms with Crippen LogP contribution in [0.1, 0.15) is 5.56 Å². The molecule has 0 aliphatic heterocycles. The summed E-state index contributed by atoms with van der Waals surface area (Å²) in [6, 6.07) is 5.88. The van der Waals surface area contributed by atoms with Crippen molar-refractivity contribution in [3.8, 4) is 0 Å². The van der Waals surface area contributed by atoms with Gasteiger partial charge >= 0.3 is 0 Å². The van der Waals surface area contributed by atoms with Crippen molar-refractivity contribution in [1.29, 1.82) is 0 Å². The smallest absolute Gasteiger partial charge is 0.265 e. The molecule has 0 amide bonds. The lowest BCUT2D eigenvalue weighted by Crippen LogP contribution is -2.15. The molecule has 0 saturated heterocycles. The highest BCUT2D eigenvalue weighted by molar-refractivity contribution is 9.10. The maximum atomic E-state index is 12.3. The molecule has 5 nitrogen and oxygen atoms in total. The first kappa shape index (κ1) is 15.1. The standard InChI is InChI=1S/C12H11BrClN3O2S/c1-7-4-12(16-6-9(7)13)17-20(18,19)11-5-8(14)2-3-10(11)15/h2-6H,15H2,1H3,(H,16,17). The first-order valence-corrected chi connectivity index (χ1v) is 8.15. The van der Waals surface area contributed by atoms with Crippen molar-refractivity contribution in [2.75, 3.05) is 10.5 Å². The van der Waals surface area contributed by atoms with Gasteiger partial charge in [-0.1, -0.05) is 11.6 Å². The molecular formula is C12H11BrClN3O2S. The maximum Gasteiger partial charge on any atom is 0.265 e. The van der Waals surface area contributed by atoms with Crippen molar-refractivity contribution >= 4 is 49.1 Å². The molecule has 0 spiro atoms. The van der Waals surface area contributed by atoms with Crippen LogP contribution in [0.2, 0.25) is 5.02 Å². The van der Waals surface area contributed by atoms with E-state index in [2.05, 4.69) is 25.6 Å². The molecule has 0 aliphatic carbocycles. The molecule has 3 N–H and O–H groups in total. The Balaban J connectivity index is 2.40. The minimum absolute atomic E-state index is 0.0765. The fourth-order valence-corrected chi connectivity index (χ4v) is 3.14. The van der Waals surface area contributed by atoms with Gasteiger partial charge in [0.25, 0.3) is 10.0 Å². The molecule has 1 aromatic carbocycles. The lowest BCUT2D eigenvalue weighted by Gasteiger charge is -2.10. The predicted molar refractivity (Wildman–Crippen MR) is 83.3 cm³/mol. The summed E-state index contributed by atoms with van der Waals surface area (Å²) in [4.78, 5) is 3.91. The SMILES string of the molecule is Cc1cc(NS(=O)(=O)c2cc(Cl)ccc2N)ncc1Br. The lowest BCUT2D eigenvalue weighted by molar-refractivity contribution is 0.601. The summed E-state index contributed by atoms with van der Waals surface area (Å²) in [5, 5.41) is 0.291. The molecule has 2 rings (SSSR count). The van der Waals surface area contributed by atoms with E-state index < -0.39 is 10.0 Å². The van der Waals surface area contributed by atoms with Gasteiger partial charge in [0.2, 0.25) is 0 Å². The number of hydrogen-bond acceptors (Lipinski definition) is 4. The topological polar surface area (TPSA) is 85.1 Å². The van der Waals surface area contributed by atoms with E-state index >= 15 is 0 Å². The summed E-state index contributed by atoms with van der Waals surface area (Å²) < 4.78 is 27.7. The Bertz CT molecular complexity index is 765. The fourth-order valence-electron chi connectivity index (χ4n) is 1.53. The van der Waals surface area contributed by atoms with Crippen molar-refractivity contribution < 1.29 is 8.42 Å². The van der Waals surface area contributed by atoms with E-state index in [1.165, 1.54) is 24.4 Å². The third kappa shape index (κ3) is 3.23. The second-order valence-corrected chi connectivity index (χ2v) is 7.05. The van der Waals surface area contributed by atoms with Gasteiger partial charge in [-0.3, -0.25) is 4.72 Å². The van der Waals surface area contributed by atoms with Crippen molar-refractivity contribution in [2.24, 2.45) is 0 Å². The Morgan fingerprint density at radius 2 is 2.05 bits per heavy atom. The Morgan fingerprint density at radius 1 is 1.35 bits per heavy atom. The van der Waals surface area contributed by atoms with E-state index in [4.69, 9.17) is 17.3 Å². The van der Waals surface area contributed by atoms with Gasteiger partial charge in [-0.2, -0.15) is 0 Å². The average molecular weight is 377 g/mol. The summed E-state index contributed by atoms with van der Waals surface area (Å²) >= 11 is 9.10. The molecule has 0 radical (unpaired) electrons. The number of aromatic nitrogens is 1. The second kappa shape index (κ2) is 5.59. The van der Waals surface area contributed by atoms with Crippen LogP contribution in [0.5, 0.6) is 0 Å².